The minimum atomic E-state index is -0.865. The van der Waals surface area contributed by atoms with Gasteiger partial charge in [-0.15, -0.1) is 0 Å². The maximum Gasteiger partial charge on any atom is 0.306 e. The molecule has 0 aliphatic carbocycles. The van der Waals surface area contributed by atoms with Crippen LogP contribution in [0.2, 0.25) is 0 Å². The lowest BCUT2D eigenvalue weighted by molar-refractivity contribution is -0.141. The SMILES string of the molecule is COc1cccc(F)c1CCC(C)C(=O)O. The fourth-order valence-electron chi connectivity index (χ4n) is 1.46. The number of carboxylic acid groups (broad SMARTS) is 1. The summed E-state index contributed by atoms with van der Waals surface area (Å²) in [5, 5.41) is 8.73. The number of ether oxygens (including phenoxy) is 1. The highest BCUT2D eigenvalue weighted by atomic mass is 19.1. The predicted octanol–water partition coefficient (Wildman–Crippen LogP) is 2.49. The van der Waals surface area contributed by atoms with Crippen LogP contribution in [0.5, 0.6) is 5.75 Å². The number of benzene rings is 1. The summed E-state index contributed by atoms with van der Waals surface area (Å²) in [5.74, 6) is -1.23. The summed E-state index contributed by atoms with van der Waals surface area (Å²) in [6, 6.07) is 4.59. The highest BCUT2D eigenvalue weighted by Gasteiger charge is 2.14. The Morgan fingerprint density at radius 3 is 2.81 bits per heavy atom. The highest BCUT2D eigenvalue weighted by molar-refractivity contribution is 5.69. The summed E-state index contributed by atoms with van der Waals surface area (Å²) < 4.78 is 18.5. The summed E-state index contributed by atoms with van der Waals surface area (Å²) in [4.78, 5) is 10.6. The number of hydrogen-bond donors (Lipinski definition) is 1. The molecule has 16 heavy (non-hydrogen) atoms. The first-order valence-electron chi connectivity index (χ1n) is 5.10. The van der Waals surface area contributed by atoms with E-state index in [0.29, 0.717) is 24.2 Å². The third-order valence-electron chi connectivity index (χ3n) is 2.54. The van der Waals surface area contributed by atoms with Crippen molar-refractivity contribution in [3.05, 3.63) is 29.6 Å². The van der Waals surface area contributed by atoms with Crippen molar-refractivity contribution in [3.63, 3.8) is 0 Å². The zero-order chi connectivity index (χ0) is 12.1. The summed E-state index contributed by atoms with van der Waals surface area (Å²) in [5.41, 5.74) is 0.443. The van der Waals surface area contributed by atoms with Crippen LogP contribution < -0.4 is 4.74 Å². The van der Waals surface area contributed by atoms with Gasteiger partial charge in [0.2, 0.25) is 0 Å². The summed E-state index contributed by atoms with van der Waals surface area (Å²) in [7, 11) is 1.47. The van der Waals surface area contributed by atoms with Crippen LogP contribution in [0.4, 0.5) is 4.39 Å². The number of carboxylic acids is 1. The number of hydrogen-bond acceptors (Lipinski definition) is 2. The molecule has 3 nitrogen and oxygen atoms in total. The fourth-order valence-corrected chi connectivity index (χ4v) is 1.46. The van der Waals surface area contributed by atoms with Gasteiger partial charge in [0.25, 0.3) is 0 Å². The molecule has 1 aromatic carbocycles. The van der Waals surface area contributed by atoms with E-state index in [2.05, 4.69) is 0 Å². The molecule has 1 aromatic rings. The number of methoxy groups -OCH3 is 1. The standard InChI is InChI=1S/C12H15FO3/c1-8(12(14)15)6-7-9-10(13)4-3-5-11(9)16-2/h3-5,8H,6-7H2,1-2H3,(H,14,15). The second-order valence-electron chi connectivity index (χ2n) is 3.70. The van der Waals surface area contributed by atoms with E-state index in [-0.39, 0.29) is 5.82 Å². The van der Waals surface area contributed by atoms with Crippen molar-refractivity contribution in [2.24, 2.45) is 5.92 Å². The molecule has 1 unspecified atom stereocenters. The second-order valence-corrected chi connectivity index (χ2v) is 3.70. The van der Waals surface area contributed by atoms with Gasteiger partial charge in [-0.05, 0) is 25.0 Å². The molecule has 0 amide bonds. The van der Waals surface area contributed by atoms with Gasteiger partial charge in [-0.3, -0.25) is 4.79 Å². The first-order chi connectivity index (χ1) is 7.56. The molecule has 0 radical (unpaired) electrons. The number of halogens is 1. The van der Waals surface area contributed by atoms with Gasteiger partial charge in [-0.25, -0.2) is 4.39 Å². The topological polar surface area (TPSA) is 46.5 Å². The van der Waals surface area contributed by atoms with Crippen LogP contribution in [0.1, 0.15) is 18.9 Å². The summed E-state index contributed by atoms with van der Waals surface area (Å²) in [6.45, 7) is 1.61. The Hall–Kier alpha value is -1.58. The maximum atomic E-state index is 13.5. The Kier molecular flexibility index (Phi) is 4.28. The molecule has 0 saturated carbocycles. The molecule has 0 aliphatic heterocycles. The van der Waals surface area contributed by atoms with E-state index in [1.165, 1.54) is 13.2 Å². The molecule has 0 spiro atoms. The largest absolute Gasteiger partial charge is 0.496 e. The van der Waals surface area contributed by atoms with E-state index in [4.69, 9.17) is 9.84 Å². The van der Waals surface area contributed by atoms with Crippen molar-refractivity contribution >= 4 is 5.97 Å². The Morgan fingerprint density at radius 2 is 2.25 bits per heavy atom. The van der Waals surface area contributed by atoms with Gasteiger partial charge in [0.15, 0.2) is 0 Å². The van der Waals surface area contributed by atoms with E-state index in [0.717, 1.165) is 0 Å². The molecule has 0 heterocycles. The van der Waals surface area contributed by atoms with Crippen LogP contribution in [0.3, 0.4) is 0 Å². The summed E-state index contributed by atoms with van der Waals surface area (Å²) in [6.07, 6.45) is 0.760. The number of rotatable bonds is 5. The van der Waals surface area contributed by atoms with Gasteiger partial charge in [0, 0.05) is 5.56 Å². The molecule has 88 valence electrons. The van der Waals surface area contributed by atoms with Crippen LogP contribution >= 0.6 is 0 Å². The fraction of sp³-hybridized carbons (Fsp3) is 0.417. The quantitative estimate of drug-likeness (QED) is 0.839. The Morgan fingerprint density at radius 1 is 1.56 bits per heavy atom. The Balaban J connectivity index is 2.76. The lowest BCUT2D eigenvalue weighted by atomic mass is 10.0. The van der Waals surface area contributed by atoms with Crippen molar-refractivity contribution in [1.82, 2.24) is 0 Å². The number of aliphatic carboxylic acids is 1. The summed E-state index contributed by atoms with van der Waals surface area (Å²) >= 11 is 0. The van der Waals surface area contributed by atoms with Crippen molar-refractivity contribution in [1.29, 1.82) is 0 Å². The van der Waals surface area contributed by atoms with Gasteiger partial charge >= 0.3 is 5.97 Å². The van der Waals surface area contributed by atoms with Crippen LogP contribution in [0, 0.1) is 11.7 Å². The van der Waals surface area contributed by atoms with E-state index in [9.17, 15) is 9.18 Å². The first-order valence-corrected chi connectivity index (χ1v) is 5.10. The molecule has 0 fully saturated rings. The van der Waals surface area contributed by atoms with Gasteiger partial charge < -0.3 is 9.84 Å². The maximum absolute atomic E-state index is 13.5. The van der Waals surface area contributed by atoms with Crippen LogP contribution in [-0.2, 0) is 11.2 Å². The molecular formula is C12H15FO3. The minimum absolute atomic E-state index is 0.350. The van der Waals surface area contributed by atoms with Gasteiger partial charge in [-0.1, -0.05) is 13.0 Å². The lowest BCUT2D eigenvalue weighted by Gasteiger charge is -2.10. The normalized spacial score (nSPS) is 12.2. The molecule has 1 atom stereocenters. The van der Waals surface area contributed by atoms with E-state index >= 15 is 0 Å². The van der Waals surface area contributed by atoms with Crippen LogP contribution in [-0.4, -0.2) is 18.2 Å². The monoisotopic (exact) mass is 226 g/mol. The number of carbonyl (C=O) groups is 1. The second kappa shape index (κ2) is 5.49. The van der Waals surface area contributed by atoms with Crippen molar-refractivity contribution in [3.8, 4) is 5.75 Å². The molecule has 1 N–H and O–H groups in total. The molecule has 0 aliphatic rings. The third kappa shape index (κ3) is 2.95. The van der Waals surface area contributed by atoms with E-state index < -0.39 is 11.9 Å². The molecule has 0 aromatic heterocycles. The van der Waals surface area contributed by atoms with Gasteiger partial charge in [-0.2, -0.15) is 0 Å². The molecule has 0 bridgehead atoms. The lowest BCUT2D eigenvalue weighted by Crippen LogP contribution is -2.11. The van der Waals surface area contributed by atoms with Crippen LogP contribution in [0.15, 0.2) is 18.2 Å². The van der Waals surface area contributed by atoms with E-state index in [1.807, 2.05) is 0 Å². The molecule has 4 heteroatoms. The zero-order valence-electron chi connectivity index (χ0n) is 9.37. The first kappa shape index (κ1) is 12.5. The van der Waals surface area contributed by atoms with Crippen molar-refractivity contribution in [2.75, 3.05) is 7.11 Å². The smallest absolute Gasteiger partial charge is 0.306 e. The molecule has 1 rings (SSSR count). The average molecular weight is 226 g/mol. The predicted molar refractivity (Wildman–Crippen MR) is 58.1 cm³/mol. The highest BCUT2D eigenvalue weighted by Crippen LogP contribution is 2.23. The average Bonchev–Trinajstić information content (AvgIpc) is 2.26. The Bertz CT molecular complexity index is 377. The zero-order valence-corrected chi connectivity index (χ0v) is 9.37. The third-order valence-corrected chi connectivity index (χ3v) is 2.54. The van der Waals surface area contributed by atoms with E-state index in [1.54, 1.807) is 19.1 Å². The van der Waals surface area contributed by atoms with Crippen molar-refractivity contribution < 1.29 is 19.0 Å². The minimum Gasteiger partial charge on any atom is -0.496 e. The van der Waals surface area contributed by atoms with Gasteiger partial charge in [0.1, 0.15) is 11.6 Å². The molecular weight excluding hydrogens is 211 g/mol. The van der Waals surface area contributed by atoms with Crippen molar-refractivity contribution in [2.45, 2.75) is 19.8 Å². The van der Waals surface area contributed by atoms with Crippen LogP contribution in [0.25, 0.3) is 0 Å². The molecule has 0 saturated heterocycles. The Labute approximate surface area is 93.9 Å². The van der Waals surface area contributed by atoms with Gasteiger partial charge in [0.05, 0.1) is 13.0 Å².